The van der Waals surface area contributed by atoms with E-state index in [4.69, 9.17) is 4.42 Å². The van der Waals surface area contributed by atoms with E-state index >= 15 is 0 Å². The fourth-order valence-corrected chi connectivity index (χ4v) is 3.96. The zero-order valence-corrected chi connectivity index (χ0v) is 15.5. The predicted molar refractivity (Wildman–Crippen MR) is 102 cm³/mol. The van der Waals surface area contributed by atoms with E-state index in [1.807, 2.05) is 4.90 Å². The van der Waals surface area contributed by atoms with Gasteiger partial charge in [-0.1, -0.05) is 0 Å². The molecule has 0 unspecified atom stereocenters. The third-order valence-electron chi connectivity index (χ3n) is 5.72. The lowest BCUT2D eigenvalue weighted by Gasteiger charge is -2.41. The second-order valence-electron chi connectivity index (χ2n) is 7.59. The number of fused-ring (bicyclic) bond motifs is 1. The number of rotatable bonds is 2. The summed E-state index contributed by atoms with van der Waals surface area (Å²) in [6, 6.07) is 11.1. The van der Waals surface area contributed by atoms with Crippen LogP contribution in [0.5, 0.6) is 0 Å². The van der Waals surface area contributed by atoms with Gasteiger partial charge in [0.25, 0.3) is 5.91 Å². The average Bonchev–Trinajstić information content (AvgIpc) is 3.34. The lowest BCUT2D eigenvalue weighted by molar-refractivity contribution is 0.0389. The van der Waals surface area contributed by atoms with Gasteiger partial charge in [0.1, 0.15) is 11.3 Å². The summed E-state index contributed by atoms with van der Waals surface area (Å²) >= 11 is 0. The lowest BCUT2D eigenvalue weighted by Crippen LogP contribution is -2.58. The number of aromatic nitrogens is 1. The summed E-state index contributed by atoms with van der Waals surface area (Å²) in [5.41, 5.74) is 1.79. The van der Waals surface area contributed by atoms with Gasteiger partial charge >= 0.3 is 6.09 Å². The minimum atomic E-state index is -0.939. The van der Waals surface area contributed by atoms with Crippen LogP contribution in [0.4, 0.5) is 9.18 Å². The van der Waals surface area contributed by atoms with Gasteiger partial charge in [-0.25, -0.2) is 14.2 Å². The molecule has 1 aliphatic heterocycles. The van der Waals surface area contributed by atoms with Crippen LogP contribution in [0.2, 0.25) is 0 Å². The molecular weight excluding hydrogens is 377 g/mol. The smallest absolute Gasteiger partial charge is 0.407 e. The number of carbonyl (C=O) groups excluding carboxylic acids is 1. The van der Waals surface area contributed by atoms with Crippen molar-refractivity contribution in [3.05, 3.63) is 53.8 Å². The fraction of sp³-hybridized carbons (Fsp3) is 0.286. The van der Waals surface area contributed by atoms with Crippen molar-refractivity contribution >= 4 is 23.1 Å². The quantitative estimate of drug-likeness (QED) is 0.716. The van der Waals surface area contributed by atoms with Crippen LogP contribution in [0.1, 0.15) is 23.2 Å². The monoisotopic (exact) mass is 395 g/mol. The molecule has 3 aromatic rings. The molecule has 1 N–H and O–H groups in total. The molecular formula is C21H18FN3O4. The third kappa shape index (κ3) is 3.00. The van der Waals surface area contributed by atoms with Crippen molar-refractivity contribution in [2.75, 3.05) is 19.6 Å². The summed E-state index contributed by atoms with van der Waals surface area (Å²) in [7, 11) is 0. The number of halogens is 1. The first-order chi connectivity index (χ1) is 13.9. The van der Waals surface area contributed by atoms with Crippen LogP contribution in [0, 0.1) is 5.82 Å². The molecule has 7 nitrogen and oxygen atoms in total. The molecule has 8 heteroatoms. The van der Waals surface area contributed by atoms with Crippen LogP contribution in [-0.2, 0) is 0 Å². The second kappa shape index (κ2) is 6.30. The minimum absolute atomic E-state index is 0.0984. The molecule has 2 heterocycles. The van der Waals surface area contributed by atoms with Crippen molar-refractivity contribution in [2.24, 2.45) is 0 Å². The van der Waals surface area contributed by atoms with Crippen LogP contribution in [-0.4, -0.2) is 57.1 Å². The molecule has 0 atom stereocenters. The average molecular weight is 395 g/mol. The maximum absolute atomic E-state index is 13.3. The number of hydrogen-bond acceptors (Lipinski definition) is 4. The SMILES string of the molecule is O=C(O)N1CCN(C(=O)c2ccc(-c3nc4ccc(F)cc4o3)cc2)C2(CC2)C1. The molecule has 2 fully saturated rings. The topological polar surface area (TPSA) is 86.9 Å². The predicted octanol–water partition coefficient (Wildman–Crippen LogP) is 3.60. The largest absolute Gasteiger partial charge is 0.465 e. The Bertz CT molecular complexity index is 1120. The number of piperazine rings is 1. The maximum atomic E-state index is 13.3. The molecule has 1 saturated carbocycles. The molecule has 148 valence electrons. The highest BCUT2D eigenvalue weighted by Crippen LogP contribution is 2.45. The van der Waals surface area contributed by atoms with E-state index in [1.54, 1.807) is 30.3 Å². The summed E-state index contributed by atoms with van der Waals surface area (Å²) < 4.78 is 19.0. The van der Waals surface area contributed by atoms with E-state index < -0.39 is 11.9 Å². The second-order valence-corrected chi connectivity index (χ2v) is 7.59. The van der Waals surface area contributed by atoms with Crippen molar-refractivity contribution in [2.45, 2.75) is 18.4 Å². The number of hydrogen-bond donors (Lipinski definition) is 1. The highest BCUT2D eigenvalue weighted by molar-refractivity contribution is 5.95. The van der Waals surface area contributed by atoms with E-state index in [2.05, 4.69) is 4.98 Å². The van der Waals surface area contributed by atoms with Gasteiger partial charge in [-0.3, -0.25) is 4.79 Å². The van der Waals surface area contributed by atoms with Crippen LogP contribution in [0.15, 0.2) is 46.9 Å². The Balaban J connectivity index is 1.37. The molecule has 2 aromatic carbocycles. The number of benzene rings is 2. The molecule has 1 aliphatic carbocycles. The Morgan fingerprint density at radius 2 is 1.86 bits per heavy atom. The molecule has 2 amide bonds. The molecule has 29 heavy (non-hydrogen) atoms. The van der Waals surface area contributed by atoms with Gasteiger partial charge in [-0.15, -0.1) is 0 Å². The number of nitrogens with zero attached hydrogens (tertiary/aromatic N) is 3. The van der Waals surface area contributed by atoms with Crippen molar-refractivity contribution in [3.63, 3.8) is 0 Å². The lowest BCUT2D eigenvalue weighted by atomic mass is 10.1. The molecule has 1 saturated heterocycles. The fourth-order valence-electron chi connectivity index (χ4n) is 3.96. The zero-order valence-electron chi connectivity index (χ0n) is 15.5. The first-order valence-corrected chi connectivity index (χ1v) is 9.42. The summed E-state index contributed by atoms with van der Waals surface area (Å²) in [6.07, 6.45) is 0.700. The van der Waals surface area contributed by atoms with Crippen molar-refractivity contribution in [1.82, 2.24) is 14.8 Å². The Kier molecular flexibility index (Phi) is 3.84. The number of amides is 2. The van der Waals surface area contributed by atoms with Gasteiger partial charge in [-0.2, -0.15) is 0 Å². The van der Waals surface area contributed by atoms with Crippen molar-refractivity contribution in [1.29, 1.82) is 0 Å². The Labute approximate surface area is 165 Å². The van der Waals surface area contributed by atoms with Crippen LogP contribution >= 0.6 is 0 Å². The van der Waals surface area contributed by atoms with E-state index in [9.17, 15) is 19.1 Å². The normalized spacial score (nSPS) is 17.7. The maximum Gasteiger partial charge on any atom is 0.407 e. The highest BCUT2D eigenvalue weighted by Gasteiger charge is 2.54. The van der Waals surface area contributed by atoms with Crippen LogP contribution < -0.4 is 0 Å². The van der Waals surface area contributed by atoms with E-state index in [-0.39, 0.29) is 11.4 Å². The van der Waals surface area contributed by atoms with Crippen LogP contribution in [0.25, 0.3) is 22.6 Å². The number of oxazole rings is 1. The van der Waals surface area contributed by atoms with Gasteiger partial charge in [-0.05, 0) is 49.2 Å². The minimum Gasteiger partial charge on any atom is -0.465 e. The van der Waals surface area contributed by atoms with Gasteiger partial charge < -0.3 is 19.3 Å². The molecule has 5 rings (SSSR count). The van der Waals surface area contributed by atoms with Gasteiger partial charge in [0, 0.05) is 36.8 Å². The van der Waals surface area contributed by atoms with Crippen molar-refractivity contribution in [3.8, 4) is 11.5 Å². The standard InChI is InChI=1S/C21H18FN3O4/c22-15-5-6-16-17(11-15)29-18(23-16)13-1-3-14(4-2-13)19(26)25-10-9-24(20(27)28)12-21(25)7-8-21/h1-6,11H,7-10,12H2,(H,27,28). The van der Waals surface area contributed by atoms with Gasteiger partial charge in [0.2, 0.25) is 5.89 Å². The van der Waals surface area contributed by atoms with Gasteiger partial charge in [0.05, 0.1) is 5.54 Å². The summed E-state index contributed by atoms with van der Waals surface area (Å²) in [5.74, 6) is -0.129. The summed E-state index contributed by atoms with van der Waals surface area (Å²) in [4.78, 5) is 31.8. The molecule has 0 radical (unpaired) electrons. The van der Waals surface area contributed by atoms with Gasteiger partial charge in [0.15, 0.2) is 5.58 Å². The van der Waals surface area contributed by atoms with Crippen LogP contribution in [0.3, 0.4) is 0 Å². The third-order valence-corrected chi connectivity index (χ3v) is 5.72. The molecule has 0 bridgehead atoms. The summed E-state index contributed by atoms with van der Waals surface area (Å²) in [5, 5.41) is 9.23. The Morgan fingerprint density at radius 1 is 1.10 bits per heavy atom. The molecule has 2 aliphatic rings. The Hall–Kier alpha value is -3.42. The zero-order chi connectivity index (χ0) is 20.2. The number of carboxylic acid groups (broad SMARTS) is 1. The first-order valence-electron chi connectivity index (χ1n) is 9.42. The molecule has 1 spiro atoms. The van der Waals surface area contributed by atoms with Crippen molar-refractivity contribution < 1.29 is 23.5 Å². The highest BCUT2D eigenvalue weighted by atomic mass is 19.1. The van der Waals surface area contributed by atoms with E-state index in [1.165, 1.54) is 17.0 Å². The summed E-state index contributed by atoms with van der Waals surface area (Å²) in [6.45, 7) is 1.08. The van der Waals surface area contributed by atoms with E-state index in [0.717, 1.165) is 12.8 Å². The van der Waals surface area contributed by atoms with E-state index in [0.29, 0.717) is 47.8 Å². The Morgan fingerprint density at radius 3 is 2.55 bits per heavy atom. The number of carbonyl (C=O) groups is 2. The molecule has 1 aromatic heterocycles. The first kappa shape index (κ1) is 17.7.